The van der Waals surface area contributed by atoms with Crippen LogP contribution in [0.2, 0.25) is 0 Å². The predicted molar refractivity (Wildman–Crippen MR) is 102 cm³/mol. The quantitative estimate of drug-likeness (QED) is 0.690. The maximum atomic E-state index is 12.8. The number of aryl methyl sites for hydroxylation is 1. The van der Waals surface area contributed by atoms with Crippen molar-refractivity contribution in [2.24, 2.45) is 0 Å². The van der Waals surface area contributed by atoms with Crippen LogP contribution in [0.1, 0.15) is 25.3 Å². The van der Waals surface area contributed by atoms with Gasteiger partial charge < -0.3 is 5.32 Å². The van der Waals surface area contributed by atoms with E-state index in [-0.39, 0.29) is 18.0 Å². The Morgan fingerprint density at radius 2 is 2.04 bits per heavy atom. The standard InChI is InChI=1S/C19H21N3O2S/c1-3-4-10-20-15(23)11-22-12-21-18-16(19(22)24)13(2)17(25-18)14-8-6-5-7-9-14/h5-9,12H,3-4,10-11H2,1-2H3,(H,20,23). The molecule has 2 aromatic heterocycles. The molecule has 0 saturated heterocycles. The van der Waals surface area contributed by atoms with Crippen LogP contribution in [0.5, 0.6) is 0 Å². The Bertz CT molecular complexity index is 944. The van der Waals surface area contributed by atoms with Gasteiger partial charge in [0.1, 0.15) is 11.4 Å². The molecule has 5 nitrogen and oxygen atoms in total. The lowest BCUT2D eigenvalue weighted by atomic mass is 10.1. The largest absolute Gasteiger partial charge is 0.355 e. The first kappa shape index (κ1) is 17.4. The van der Waals surface area contributed by atoms with Gasteiger partial charge in [-0.15, -0.1) is 11.3 Å². The molecule has 1 aromatic carbocycles. The van der Waals surface area contributed by atoms with Crippen LogP contribution in [0.3, 0.4) is 0 Å². The summed E-state index contributed by atoms with van der Waals surface area (Å²) in [5.74, 6) is -0.159. The van der Waals surface area contributed by atoms with Gasteiger partial charge in [0.15, 0.2) is 0 Å². The van der Waals surface area contributed by atoms with Crippen LogP contribution in [0.25, 0.3) is 20.7 Å². The molecule has 6 heteroatoms. The fourth-order valence-electron chi connectivity index (χ4n) is 2.75. The lowest BCUT2D eigenvalue weighted by Crippen LogP contribution is -2.32. The van der Waals surface area contributed by atoms with E-state index in [1.54, 1.807) is 0 Å². The number of carbonyl (C=O) groups excluding carboxylic acids is 1. The fourth-order valence-corrected chi connectivity index (χ4v) is 3.90. The van der Waals surface area contributed by atoms with Gasteiger partial charge >= 0.3 is 0 Å². The Hall–Kier alpha value is -2.47. The highest BCUT2D eigenvalue weighted by Gasteiger charge is 2.16. The lowest BCUT2D eigenvalue weighted by molar-refractivity contribution is -0.121. The summed E-state index contributed by atoms with van der Waals surface area (Å²) in [6, 6.07) is 9.97. The topological polar surface area (TPSA) is 64.0 Å². The molecule has 2 heterocycles. The van der Waals surface area contributed by atoms with E-state index in [2.05, 4.69) is 17.2 Å². The van der Waals surface area contributed by atoms with E-state index in [0.717, 1.165) is 28.8 Å². The van der Waals surface area contributed by atoms with Crippen molar-refractivity contribution in [2.45, 2.75) is 33.2 Å². The monoisotopic (exact) mass is 355 g/mol. The van der Waals surface area contributed by atoms with Crippen molar-refractivity contribution < 1.29 is 4.79 Å². The van der Waals surface area contributed by atoms with Gasteiger partial charge in [-0.1, -0.05) is 43.7 Å². The average molecular weight is 355 g/mol. The molecule has 130 valence electrons. The van der Waals surface area contributed by atoms with Crippen molar-refractivity contribution in [3.05, 3.63) is 52.6 Å². The van der Waals surface area contributed by atoms with Gasteiger partial charge in [0.2, 0.25) is 5.91 Å². The first-order chi connectivity index (χ1) is 12.1. The molecule has 0 aliphatic carbocycles. The van der Waals surface area contributed by atoms with Crippen molar-refractivity contribution >= 4 is 27.5 Å². The molecule has 0 atom stereocenters. The van der Waals surface area contributed by atoms with E-state index in [9.17, 15) is 9.59 Å². The molecule has 0 radical (unpaired) electrons. The Morgan fingerprint density at radius 1 is 1.28 bits per heavy atom. The molecule has 0 saturated carbocycles. The smallest absolute Gasteiger partial charge is 0.262 e. The van der Waals surface area contributed by atoms with Crippen LogP contribution in [-0.4, -0.2) is 22.0 Å². The number of unbranched alkanes of at least 4 members (excludes halogenated alkanes) is 1. The van der Waals surface area contributed by atoms with Gasteiger partial charge in [0.25, 0.3) is 5.56 Å². The summed E-state index contributed by atoms with van der Waals surface area (Å²) in [7, 11) is 0. The number of amides is 1. The molecule has 0 aliphatic heterocycles. The third-order valence-electron chi connectivity index (χ3n) is 4.12. The molecule has 0 unspecified atom stereocenters. The van der Waals surface area contributed by atoms with Crippen molar-refractivity contribution in [2.75, 3.05) is 6.54 Å². The number of hydrogen-bond donors (Lipinski definition) is 1. The van der Waals surface area contributed by atoms with E-state index in [4.69, 9.17) is 0 Å². The molecule has 0 spiro atoms. The number of carbonyl (C=O) groups is 1. The zero-order valence-electron chi connectivity index (χ0n) is 14.4. The number of fused-ring (bicyclic) bond motifs is 1. The predicted octanol–water partition coefficient (Wildman–Crippen LogP) is 3.35. The van der Waals surface area contributed by atoms with Gasteiger partial charge in [0.05, 0.1) is 11.7 Å². The molecule has 0 fully saturated rings. The van der Waals surface area contributed by atoms with Crippen molar-refractivity contribution in [3.8, 4) is 10.4 Å². The zero-order valence-corrected chi connectivity index (χ0v) is 15.2. The summed E-state index contributed by atoms with van der Waals surface area (Å²) in [4.78, 5) is 31.0. The zero-order chi connectivity index (χ0) is 17.8. The highest BCUT2D eigenvalue weighted by Crippen LogP contribution is 2.35. The fraction of sp³-hybridized carbons (Fsp3) is 0.316. The van der Waals surface area contributed by atoms with Crippen LogP contribution < -0.4 is 10.9 Å². The van der Waals surface area contributed by atoms with Crippen LogP contribution >= 0.6 is 11.3 Å². The van der Waals surface area contributed by atoms with E-state index >= 15 is 0 Å². The van der Waals surface area contributed by atoms with Crippen molar-refractivity contribution in [3.63, 3.8) is 0 Å². The van der Waals surface area contributed by atoms with Gasteiger partial charge in [0, 0.05) is 11.4 Å². The van der Waals surface area contributed by atoms with Gasteiger partial charge in [-0.2, -0.15) is 0 Å². The Balaban J connectivity index is 1.93. The van der Waals surface area contributed by atoms with Crippen molar-refractivity contribution in [1.82, 2.24) is 14.9 Å². The van der Waals surface area contributed by atoms with Crippen LogP contribution in [0.4, 0.5) is 0 Å². The SMILES string of the molecule is CCCCNC(=O)Cn1cnc2sc(-c3ccccc3)c(C)c2c1=O. The summed E-state index contributed by atoms with van der Waals surface area (Å²) in [5, 5.41) is 3.43. The minimum atomic E-state index is -0.161. The Kier molecular flexibility index (Phi) is 5.28. The molecule has 0 aliphatic rings. The molecule has 25 heavy (non-hydrogen) atoms. The highest BCUT2D eigenvalue weighted by molar-refractivity contribution is 7.22. The highest BCUT2D eigenvalue weighted by atomic mass is 32.1. The van der Waals surface area contributed by atoms with Gasteiger partial charge in [-0.25, -0.2) is 4.98 Å². The third kappa shape index (κ3) is 3.64. The van der Waals surface area contributed by atoms with Crippen LogP contribution in [-0.2, 0) is 11.3 Å². The van der Waals surface area contributed by atoms with Crippen molar-refractivity contribution in [1.29, 1.82) is 0 Å². The number of nitrogens with one attached hydrogen (secondary N) is 1. The normalized spacial score (nSPS) is 11.0. The molecule has 3 aromatic rings. The summed E-state index contributed by atoms with van der Waals surface area (Å²) in [5.41, 5.74) is 1.84. The summed E-state index contributed by atoms with van der Waals surface area (Å²) >= 11 is 1.51. The summed E-state index contributed by atoms with van der Waals surface area (Å²) < 4.78 is 1.39. The number of benzene rings is 1. The van der Waals surface area contributed by atoms with E-state index < -0.39 is 0 Å². The first-order valence-corrected chi connectivity index (χ1v) is 9.24. The Labute approximate surface area is 150 Å². The maximum absolute atomic E-state index is 12.8. The number of hydrogen-bond acceptors (Lipinski definition) is 4. The lowest BCUT2D eigenvalue weighted by Gasteiger charge is -2.06. The molecule has 3 rings (SSSR count). The molecular weight excluding hydrogens is 334 g/mol. The summed E-state index contributed by atoms with van der Waals surface area (Å²) in [6.07, 6.45) is 3.42. The number of nitrogens with zero attached hydrogens (tertiary/aromatic N) is 2. The second-order valence-corrected chi connectivity index (χ2v) is 6.98. The molecular formula is C19H21N3O2S. The van der Waals surface area contributed by atoms with E-state index in [1.807, 2.05) is 37.3 Å². The van der Waals surface area contributed by atoms with E-state index in [1.165, 1.54) is 22.2 Å². The van der Waals surface area contributed by atoms with E-state index in [0.29, 0.717) is 16.8 Å². The second-order valence-electron chi connectivity index (χ2n) is 5.98. The van der Waals surface area contributed by atoms with Crippen LogP contribution in [0.15, 0.2) is 41.5 Å². The molecule has 1 N–H and O–H groups in total. The summed E-state index contributed by atoms with van der Waals surface area (Å²) in [6.45, 7) is 4.64. The molecule has 0 bridgehead atoms. The molecule has 1 amide bonds. The number of aromatic nitrogens is 2. The minimum absolute atomic E-state index is 0.00143. The third-order valence-corrected chi connectivity index (χ3v) is 5.37. The van der Waals surface area contributed by atoms with Gasteiger partial charge in [-0.05, 0) is 24.5 Å². The maximum Gasteiger partial charge on any atom is 0.262 e. The van der Waals surface area contributed by atoms with Gasteiger partial charge in [-0.3, -0.25) is 14.2 Å². The average Bonchev–Trinajstić information content (AvgIpc) is 2.96. The number of thiophene rings is 1. The Morgan fingerprint density at radius 3 is 2.76 bits per heavy atom. The minimum Gasteiger partial charge on any atom is -0.355 e. The first-order valence-electron chi connectivity index (χ1n) is 8.42. The number of rotatable bonds is 6. The van der Waals surface area contributed by atoms with Crippen LogP contribution in [0, 0.1) is 6.92 Å². The second kappa shape index (κ2) is 7.61.